The van der Waals surface area contributed by atoms with Crippen molar-refractivity contribution >= 4 is 42.3 Å². The van der Waals surface area contributed by atoms with Crippen LogP contribution in [0.5, 0.6) is 0 Å². The summed E-state index contributed by atoms with van der Waals surface area (Å²) in [5, 5.41) is 5.35. The summed E-state index contributed by atoms with van der Waals surface area (Å²) in [6, 6.07) is 21.7. The molecule has 12 heteroatoms. The summed E-state index contributed by atoms with van der Waals surface area (Å²) in [6.45, 7) is 2.29. The van der Waals surface area contributed by atoms with Crippen molar-refractivity contribution in [3.63, 3.8) is 0 Å². The molecule has 0 fully saturated rings. The Morgan fingerprint density at radius 1 is 0.478 bits per heavy atom. The zero-order chi connectivity index (χ0) is 33.7. The van der Waals surface area contributed by atoms with Crippen molar-refractivity contribution in [3.8, 4) is 0 Å². The summed E-state index contributed by atoms with van der Waals surface area (Å²) in [4.78, 5) is 0. The Bertz CT molecular complexity index is 1520. The first-order valence-corrected chi connectivity index (χ1v) is 18.5. The van der Waals surface area contributed by atoms with Crippen molar-refractivity contribution in [3.05, 3.63) is 85.5 Å². The van der Waals surface area contributed by atoms with Crippen molar-refractivity contribution in [2.24, 2.45) is 0 Å². The predicted molar refractivity (Wildman–Crippen MR) is 177 cm³/mol. The van der Waals surface area contributed by atoms with Crippen LogP contribution in [0.3, 0.4) is 0 Å². The van der Waals surface area contributed by atoms with Gasteiger partial charge in [0, 0.05) is 35.7 Å². The Kier molecular flexibility index (Phi) is 18.5. The molecule has 0 radical (unpaired) electrons. The van der Waals surface area contributed by atoms with Crippen LogP contribution in [0.25, 0.3) is 21.5 Å². The second kappa shape index (κ2) is 21.7. The largest absolute Gasteiger partial charge is 0.726 e. The van der Waals surface area contributed by atoms with Gasteiger partial charge in [-0.05, 0) is 35.7 Å². The van der Waals surface area contributed by atoms with E-state index in [1.807, 2.05) is 0 Å². The van der Waals surface area contributed by atoms with Gasteiger partial charge in [0.05, 0.1) is 14.2 Å². The summed E-state index contributed by atoms with van der Waals surface area (Å²) >= 11 is 0. The molecule has 0 aliphatic carbocycles. The minimum Gasteiger partial charge on any atom is -0.726 e. The monoisotopic (exact) mass is 676 g/mol. The van der Waals surface area contributed by atoms with Crippen LogP contribution in [-0.4, -0.2) is 40.2 Å². The van der Waals surface area contributed by atoms with E-state index in [4.69, 9.17) is 0 Å². The molecule has 0 saturated carbocycles. The second-order valence-corrected chi connectivity index (χ2v) is 13.3. The molecule has 0 N–H and O–H groups in total. The molecule has 0 unspecified atom stereocenters. The quantitative estimate of drug-likeness (QED) is 0.0563. The Morgan fingerprint density at radius 3 is 1.02 bits per heavy atom. The Hall–Kier alpha value is -3.00. The molecule has 0 spiro atoms. The van der Waals surface area contributed by atoms with Gasteiger partial charge in [-0.3, -0.25) is 8.37 Å². The minimum absolute atomic E-state index is 0.808. The number of fused-ring (bicyclic) bond motifs is 2. The fraction of sp³-hybridized carbons (Fsp3) is 0.471. The number of aryl methyl sites for hydroxylation is 2. The summed E-state index contributed by atoms with van der Waals surface area (Å²) in [7, 11) is -7.21. The van der Waals surface area contributed by atoms with Crippen LogP contribution in [0.4, 0.5) is 0 Å². The first-order valence-electron chi connectivity index (χ1n) is 15.8. The van der Waals surface area contributed by atoms with Crippen LogP contribution in [-0.2, 0) is 42.3 Å². The van der Waals surface area contributed by atoms with Crippen LogP contribution >= 0.6 is 0 Å². The molecule has 2 heterocycles. The molecule has 46 heavy (non-hydrogen) atoms. The third kappa shape index (κ3) is 18.2. The van der Waals surface area contributed by atoms with E-state index in [1.54, 1.807) is 0 Å². The lowest BCUT2D eigenvalue weighted by atomic mass is 10.0. The van der Waals surface area contributed by atoms with Crippen LogP contribution < -0.4 is 9.13 Å². The van der Waals surface area contributed by atoms with Crippen LogP contribution in [0.15, 0.2) is 85.5 Å². The number of unbranched alkanes of at least 4 members (excludes halogenated alkanes) is 11. The number of rotatable bonds is 17. The SMILES string of the molecule is COS(=O)(=O)[O-].COS(=O)(=O)[O-].c1ccc2c[n+](CCCCCCCCCCCCCC[n+]3ccc4ccccc4c3)ccc2c1. The molecule has 0 aliphatic rings. The van der Waals surface area contributed by atoms with Crippen molar-refractivity contribution in [2.45, 2.75) is 90.1 Å². The zero-order valence-electron chi connectivity index (χ0n) is 27.0. The Morgan fingerprint density at radius 2 is 0.739 bits per heavy atom. The molecule has 0 amide bonds. The summed E-state index contributed by atoms with van der Waals surface area (Å²) < 4.78 is 66.7. The van der Waals surface area contributed by atoms with Gasteiger partial charge in [0.25, 0.3) is 0 Å². The molecule has 2 aromatic heterocycles. The molecule has 0 aliphatic heterocycles. The van der Waals surface area contributed by atoms with Gasteiger partial charge in [0.1, 0.15) is 13.1 Å². The number of benzene rings is 2. The van der Waals surface area contributed by atoms with Crippen LogP contribution in [0, 0.1) is 0 Å². The van der Waals surface area contributed by atoms with E-state index in [-0.39, 0.29) is 0 Å². The number of hydrogen-bond acceptors (Lipinski definition) is 8. The Balaban J connectivity index is 0.000000522. The van der Waals surface area contributed by atoms with Crippen molar-refractivity contribution in [2.75, 3.05) is 14.2 Å². The average Bonchev–Trinajstić information content (AvgIpc) is 3.04. The molecular formula is C34H48N2O8S2. The third-order valence-electron chi connectivity index (χ3n) is 7.48. The number of pyridine rings is 2. The van der Waals surface area contributed by atoms with E-state index < -0.39 is 20.8 Å². The molecule has 2 aromatic carbocycles. The lowest BCUT2D eigenvalue weighted by molar-refractivity contribution is -0.696. The van der Waals surface area contributed by atoms with E-state index in [0.717, 1.165) is 27.3 Å². The first kappa shape index (κ1) is 39.2. The standard InChI is InChI=1S/C32H42N2.2CH4O4S/c1(3-5-7-9-15-23-33-25-21-29-17-11-13-19-31(29)27-33)2-4-6-8-10-16-24-34-26-22-30-18-12-14-20-32(30)28-34;2*1-5-6(2,3)4/h11-14,17-22,25-28H,1-10,15-16,23-24H2;2*1H3,(H,2,3,4)/q+2;;/p-2. The highest BCUT2D eigenvalue weighted by Gasteiger charge is 2.04. The van der Waals surface area contributed by atoms with E-state index in [0.29, 0.717) is 0 Å². The van der Waals surface area contributed by atoms with Gasteiger partial charge in [-0.2, -0.15) is 0 Å². The molecule has 254 valence electrons. The molecular weight excluding hydrogens is 629 g/mol. The average molecular weight is 677 g/mol. The normalized spacial score (nSPS) is 11.5. The van der Waals surface area contributed by atoms with E-state index in [2.05, 4.69) is 103 Å². The molecule has 4 rings (SSSR count). The van der Waals surface area contributed by atoms with Crippen molar-refractivity contribution < 1.29 is 43.4 Å². The van der Waals surface area contributed by atoms with Crippen molar-refractivity contribution in [1.82, 2.24) is 0 Å². The smallest absolute Gasteiger partial charge is 0.217 e. The van der Waals surface area contributed by atoms with Gasteiger partial charge in [0.15, 0.2) is 24.8 Å². The lowest BCUT2D eigenvalue weighted by Crippen LogP contribution is -2.32. The van der Waals surface area contributed by atoms with Crippen LogP contribution in [0.1, 0.15) is 77.0 Å². The fourth-order valence-electron chi connectivity index (χ4n) is 4.99. The summed E-state index contributed by atoms with van der Waals surface area (Å²) in [6.07, 6.45) is 25.6. The highest BCUT2D eigenvalue weighted by Crippen LogP contribution is 2.14. The molecule has 10 nitrogen and oxygen atoms in total. The molecule has 0 atom stereocenters. The zero-order valence-corrected chi connectivity index (χ0v) is 28.6. The third-order valence-corrected chi connectivity index (χ3v) is 8.30. The maximum atomic E-state index is 9.22. The maximum Gasteiger partial charge on any atom is 0.217 e. The summed E-state index contributed by atoms with van der Waals surface area (Å²) in [5.41, 5.74) is 0. The van der Waals surface area contributed by atoms with E-state index >= 15 is 0 Å². The topological polar surface area (TPSA) is 141 Å². The van der Waals surface area contributed by atoms with Gasteiger partial charge in [0.2, 0.25) is 20.8 Å². The number of aromatic nitrogens is 2. The number of hydrogen-bond donors (Lipinski definition) is 0. The molecule has 4 aromatic rings. The van der Waals surface area contributed by atoms with Crippen LogP contribution in [0.2, 0.25) is 0 Å². The van der Waals surface area contributed by atoms with Gasteiger partial charge >= 0.3 is 0 Å². The summed E-state index contributed by atoms with van der Waals surface area (Å²) in [5.74, 6) is 0. The lowest BCUT2D eigenvalue weighted by Gasteiger charge is -2.03. The highest BCUT2D eigenvalue weighted by molar-refractivity contribution is 7.81. The minimum atomic E-state index is -4.41. The second-order valence-electron chi connectivity index (χ2n) is 11.0. The Labute approximate surface area is 274 Å². The van der Waals surface area contributed by atoms with E-state index in [9.17, 15) is 25.9 Å². The van der Waals surface area contributed by atoms with Gasteiger partial charge in [-0.15, -0.1) is 0 Å². The molecule has 0 bridgehead atoms. The van der Waals surface area contributed by atoms with Gasteiger partial charge in [-0.1, -0.05) is 87.8 Å². The highest BCUT2D eigenvalue weighted by atomic mass is 32.3. The fourth-order valence-corrected chi connectivity index (χ4v) is 4.99. The maximum absolute atomic E-state index is 9.22. The van der Waals surface area contributed by atoms with Gasteiger partial charge < -0.3 is 9.11 Å². The molecule has 0 saturated heterocycles. The number of nitrogens with zero attached hydrogens (tertiary/aromatic N) is 2. The predicted octanol–water partition coefficient (Wildman–Crippen LogP) is 6.14. The van der Waals surface area contributed by atoms with Gasteiger partial charge in [-0.25, -0.2) is 26.0 Å². The first-order chi connectivity index (χ1) is 22.0. The van der Waals surface area contributed by atoms with Crippen molar-refractivity contribution in [1.29, 1.82) is 0 Å². The van der Waals surface area contributed by atoms with E-state index in [1.165, 1.54) is 98.6 Å².